The molecule has 1 saturated heterocycles. The number of carboxylic acid groups (broad SMARTS) is 1. The number of hydrogen-bond donors (Lipinski definition) is 1. The fourth-order valence-electron chi connectivity index (χ4n) is 3.27. The maximum atomic E-state index is 10.7. The van der Waals surface area contributed by atoms with Crippen molar-refractivity contribution in [3.63, 3.8) is 0 Å². The number of aryl methyl sites for hydroxylation is 1. The first kappa shape index (κ1) is 21.9. The highest BCUT2D eigenvalue weighted by Crippen LogP contribution is 2.30. The Balaban J connectivity index is 1.81. The average molecular weight is 403 g/mol. The SMILES string of the molecule is C=C/N=C/C=C(\C=C\C(=O)O)OCCN1CCC(c2cc(C)cc(Cl)c2)CC1. The van der Waals surface area contributed by atoms with Crippen LogP contribution in [-0.4, -0.2) is 48.4 Å². The largest absolute Gasteiger partial charge is 0.492 e. The van der Waals surface area contributed by atoms with Gasteiger partial charge in [0.25, 0.3) is 0 Å². The van der Waals surface area contributed by atoms with Crippen LogP contribution in [0.2, 0.25) is 5.02 Å². The lowest BCUT2D eigenvalue weighted by molar-refractivity contribution is -0.131. The summed E-state index contributed by atoms with van der Waals surface area (Å²) < 4.78 is 5.71. The van der Waals surface area contributed by atoms with Crippen LogP contribution in [0.3, 0.4) is 0 Å². The maximum absolute atomic E-state index is 10.7. The van der Waals surface area contributed by atoms with Gasteiger partial charge in [-0.1, -0.05) is 24.2 Å². The molecule has 0 saturated carbocycles. The van der Waals surface area contributed by atoms with E-state index >= 15 is 0 Å². The maximum Gasteiger partial charge on any atom is 0.328 e. The standard InChI is InChI=1S/C22H27ClN2O3/c1-3-24-9-6-21(4-5-22(26)27)28-13-12-25-10-7-18(8-11-25)19-14-17(2)15-20(23)16-19/h3-6,9,14-16,18H,1,7-8,10-13H2,2H3,(H,26,27)/b5-4+,21-6+,24-9+. The molecular weight excluding hydrogens is 376 g/mol. The third-order valence-electron chi connectivity index (χ3n) is 4.62. The number of rotatable bonds is 9. The van der Waals surface area contributed by atoms with Gasteiger partial charge in [-0.15, -0.1) is 0 Å². The number of nitrogens with zero attached hydrogens (tertiary/aromatic N) is 2. The number of halogens is 1. The van der Waals surface area contributed by atoms with Gasteiger partial charge in [-0.05, 0) is 74.2 Å². The monoisotopic (exact) mass is 402 g/mol. The summed E-state index contributed by atoms with van der Waals surface area (Å²) in [5, 5.41) is 9.59. The van der Waals surface area contributed by atoms with E-state index < -0.39 is 5.97 Å². The topological polar surface area (TPSA) is 62.1 Å². The van der Waals surface area contributed by atoms with Crippen LogP contribution >= 0.6 is 11.6 Å². The van der Waals surface area contributed by atoms with E-state index in [1.807, 2.05) is 6.07 Å². The van der Waals surface area contributed by atoms with Crippen LogP contribution in [0.25, 0.3) is 0 Å². The smallest absolute Gasteiger partial charge is 0.328 e. The highest BCUT2D eigenvalue weighted by Gasteiger charge is 2.20. The van der Waals surface area contributed by atoms with Crippen molar-refractivity contribution >= 4 is 23.8 Å². The Kier molecular flexibility index (Phi) is 8.98. The Morgan fingerprint density at radius 3 is 2.75 bits per heavy atom. The molecule has 0 radical (unpaired) electrons. The molecule has 2 rings (SSSR count). The molecule has 0 bridgehead atoms. The molecule has 6 heteroatoms. The Morgan fingerprint density at radius 2 is 2.11 bits per heavy atom. The van der Waals surface area contributed by atoms with E-state index in [1.54, 1.807) is 6.08 Å². The Bertz CT molecular complexity index is 743. The summed E-state index contributed by atoms with van der Waals surface area (Å²) in [6.45, 7) is 8.85. The van der Waals surface area contributed by atoms with E-state index in [0.717, 1.165) is 43.6 Å². The molecule has 1 aliphatic heterocycles. The molecule has 1 aromatic carbocycles. The minimum Gasteiger partial charge on any atom is -0.492 e. The number of hydrogen-bond acceptors (Lipinski definition) is 4. The van der Waals surface area contributed by atoms with Gasteiger partial charge in [0.15, 0.2) is 0 Å². The first-order chi connectivity index (χ1) is 13.5. The number of likely N-dealkylation sites (tertiary alicyclic amines) is 1. The van der Waals surface area contributed by atoms with Crippen LogP contribution in [0.1, 0.15) is 29.9 Å². The van der Waals surface area contributed by atoms with Gasteiger partial charge in [-0.3, -0.25) is 9.89 Å². The Morgan fingerprint density at radius 1 is 1.36 bits per heavy atom. The minimum absolute atomic E-state index is 0.456. The first-order valence-electron chi connectivity index (χ1n) is 9.35. The number of allylic oxidation sites excluding steroid dienone is 2. The van der Waals surface area contributed by atoms with Crippen molar-refractivity contribution in [3.05, 3.63) is 71.1 Å². The second kappa shape index (κ2) is 11.5. The Labute approximate surface area is 171 Å². The summed E-state index contributed by atoms with van der Waals surface area (Å²) in [6, 6.07) is 6.29. The van der Waals surface area contributed by atoms with Crippen LogP contribution in [0, 0.1) is 6.92 Å². The van der Waals surface area contributed by atoms with Crippen LogP contribution in [0.15, 0.2) is 60.0 Å². The fraction of sp³-hybridized carbons (Fsp3) is 0.364. The van der Waals surface area contributed by atoms with Crippen molar-refractivity contribution < 1.29 is 14.6 Å². The van der Waals surface area contributed by atoms with Crippen molar-refractivity contribution in [2.75, 3.05) is 26.2 Å². The minimum atomic E-state index is -1.02. The number of aliphatic imine (C=N–C) groups is 1. The van der Waals surface area contributed by atoms with Gasteiger partial charge in [0.2, 0.25) is 0 Å². The normalized spacial score (nSPS) is 16.7. The molecule has 0 unspecified atom stereocenters. The van der Waals surface area contributed by atoms with Crippen molar-refractivity contribution in [1.29, 1.82) is 0 Å². The van der Waals surface area contributed by atoms with Crippen LogP contribution in [-0.2, 0) is 9.53 Å². The molecule has 1 fully saturated rings. The molecule has 1 aromatic rings. The molecule has 1 aliphatic rings. The van der Waals surface area contributed by atoms with Crippen molar-refractivity contribution in [2.45, 2.75) is 25.7 Å². The van der Waals surface area contributed by atoms with Gasteiger partial charge >= 0.3 is 5.97 Å². The van der Waals surface area contributed by atoms with Crippen LogP contribution < -0.4 is 0 Å². The van der Waals surface area contributed by atoms with E-state index in [-0.39, 0.29) is 0 Å². The van der Waals surface area contributed by atoms with E-state index in [9.17, 15) is 4.79 Å². The van der Waals surface area contributed by atoms with Crippen LogP contribution in [0.5, 0.6) is 0 Å². The van der Waals surface area contributed by atoms with E-state index in [0.29, 0.717) is 18.3 Å². The lowest BCUT2D eigenvalue weighted by Gasteiger charge is -2.32. The molecule has 1 heterocycles. The van der Waals surface area contributed by atoms with Gasteiger partial charge in [0, 0.05) is 30.1 Å². The van der Waals surface area contributed by atoms with Gasteiger partial charge in [0.05, 0.1) is 0 Å². The predicted molar refractivity (Wildman–Crippen MR) is 114 cm³/mol. The lowest BCUT2D eigenvalue weighted by atomic mass is 9.89. The molecule has 5 nitrogen and oxygen atoms in total. The molecule has 0 amide bonds. The predicted octanol–water partition coefficient (Wildman–Crippen LogP) is 4.58. The van der Waals surface area contributed by atoms with Gasteiger partial charge in [-0.2, -0.15) is 0 Å². The van der Waals surface area contributed by atoms with Gasteiger partial charge in [0.1, 0.15) is 12.4 Å². The second-order valence-corrected chi connectivity index (χ2v) is 7.18. The average Bonchev–Trinajstić information content (AvgIpc) is 2.65. The second-order valence-electron chi connectivity index (χ2n) is 6.75. The fourth-order valence-corrected chi connectivity index (χ4v) is 3.56. The third-order valence-corrected chi connectivity index (χ3v) is 4.84. The highest BCUT2D eigenvalue weighted by molar-refractivity contribution is 6.30. The van der Waals surface area contributed by atoms with Crippen LogP contribution in [0.4, 0.5) is 0 Å². The molecular formula is C22H27ClN2O3. The van der Waals surface area contributed by atoms with Crippen molar-refractivity contribution in [2.24, 2.45) is 4.99 Å². The number of piperidine rings is 1. The zero-order valence-electron chi connectivity index (χ0n) is 16.2. The summed E-state index contributed by atoms with van der Waals surface area (Å²) in [5.74, 6) is -0.0237. The third kappa shape index (κ3) is 7.71. The summed E-state index contributed by atoms with van der Waals surface area (Å²) in [7, 11) is 0. The van der Waals surface area contributed by atoms with Crippen molar-refractivity contribution in [3.8, 4) is 0 Å². The lowest BCUT2D eigenvalue weighted by Crippen LogP contribution is -2.35. The zero-order chi connectivity index (χ0) is 20.4. The summed E-state index contributed by atoms with van der Waals surface area (Å²) in [5.41, 5.74) is 2.53. The summed E-state index contributed by atoms with van der Waals surface area (Å²) in [4.78, 5) is 16.9. The van der Waals surface area contributed by atoms with E-state index in [1.165, 1.54) is 29.6 Å². The molecule has 1 N–H and O–H groups in total. The summed E-state index contributed by atoms with van der Waals surface area (Å²) >= 11 is 6.20. The Hall–Kier alpha value is -2.37. The number of carboxylic acids is 1. The highest BCUT2D eigenvalue weighted by atomic mass is 35.5. The summed E-state index contributed by atoms with van der Waals surface area (Å²) in [6.07, 6.45) is 9.19. The molecule has 0 atom stereocenters. The zero-order valence-corrected chi connectivity index (χ0v) is 16.9. The first-order valence-corrected chi connectivity index (χ1v) is 9.73. The number of ether oxygens (including phenoxy) is 1. The number of aliphatic carboxylic acids is 1. The number of carbonyl (C=O) groups is 1. The van der Waals surface area contributed by atoms with E-state index in [4.69, 9.17) is 21.4 Å². The van der Waals surface area contributed by atoms with E-state index in [2.05, 4.69) is 35.5 Å². The van der Waals surface area contributed by atoms with Gasteiger partial charge < -0.3 is 9.84 Å². The molecule has 28 heavy (non-hydrogen) atoms. The number of benzene rings is 1. The molecule has 0 aliphatic carbocycles. The molecule has 0 aromatic heterocycles. The molecule has 0 spiro atoms. The van der Waals surface area contributed by atoms with Gasteiger partial charge in [-0.25, -0.2) is 4.79 Å². The molecule has 150 valence electrons. The quantitative estimate of drug-likeness (QED) is 0.284. The van der Waals surface area contributed by atoms with Crippen molar-refractivity contribution in [1.82, 2.24) is 4.90 Å².